The van der Waals surface area contributed by atoms with Crippen molar-refractivity contribution < 1.29 is 14.0 Å². The van der Waals surface area contributed by atoms with Gasteiger partial charge in [-0.3, -0.25) is 4.98 Å². The zero-order valence-corrected chi connectivity index (χ0v) is 14.3. The first-order valence-corrected chi connectivity index (χ1v) is 9.40. The third-order valence-corrected chi connectivity index (χ3v) is 5.25. The van der Waals surface area contributed by atoms with Gasteiger partial charge in [-0.25, -0.2) is 0 Å². The van der Waals surface area contributed by atoms with E-state index >= 15 is 0 Å². The predicted octanol–water partition coefficient (Wildman–Crippen LogP) is 3.70. The van der Waals surface area contributed by atoms with Crippen LogP contribution in [-0.2, 0) is 15.9 Å². The summed E-state index contributed by atoms with van der Waals surface area (Å²) in [5, 5.41) is 0. The summed E-state index contributed by atoms with van der Waals surface area (Å²) in [5.41, 5.74) is 3.13. The van der Waals surface area contributed by atoms with Gasteiger partial charge in [0.05, 0.1) is 18.9 Å². The molecule has 2 aliphatic rings. The van der Waals surface area contributed by atoms with E-state index in [-0.39, 0.29) is 7.12 Å². The number of ether oxygens (including phenoxy) is 1. The maximum Gasteiger partial charge on any atom is 0.467 e. The van der Waals surface area contributed by atoms with Gasteiger partial charge in [0.15, 0.2) is 0 Å². The monoisotopic (exact) mass is 341 g/mol. The molecule has 0 bridgehead atoms. The second kappa shape index (κ2) is 7.59. The van der Waals surface area contributed by atoms with E-state index in [9.17, 15) is 0 Å². The number of rotatable bonds is 7. The molecule has 4 rings (SSSR count). The second-order valence-electron chi connectivity index (χ2n) is 6.07. The second-order valence-corrected chi connectivity index (χ2v) is 7.13. The fraction of sp³-hybridized carbons (Fsp3) is 0.389. The number of thioether (sulfide) groups is 1. The van der Waals surface area contributed by atoms with Crippen LogP contribution in [0.3, 0.4) is 0 Å². The smallest absolute Gasteiger partial charge is 0.467 e. The number of hydrogen-bond donors (Lipinski definition) is 0. The highest BCUT2D eigenvalue weighted by Crippen LogP contribution is 2.43. The Morgan fingerprint density at radius 2 is 2.04 bits per heavy atom. The minimum absolute atomic E-state index is 0.108. The zero-order chi connectivity index (χ0) is 16.2. The summed E-state index contributed by atoms with van der Waals surface area (Å²) < 4.78 is 17.1. The number of benzene rings is 1. The molecule has 1 aliphatic heterocycles. The van der Waals surface area contributed by atoms with E-state index in [0.717, 1.165) is 27.9 Å². The van der Waals surface area contributed by atoms with Gasteiger partial charge >= 0.3 is 7.12 Å². The molecule has 124 valence electrons. The molecule has 4 nitrogen and oxygen atoms in total. The van der Waals surface area contributed by atoms with Crippen molar-refractivity contribution in [3.8, 4) is 5.75 Å². The van der Waals surface area contributed by atoms with Gasteiger partial charge in [-0.15, -0.1) is 11.8 Å². The Morgan fingerprint density at radius 3 is 2.79 bits per heavy atom. The molecule has 2 heterocycles. The Balaban J connectivity index is 1.46. The fourth-order valence-corrected chi connectivity index (χ4v) is 3.72. The SMILES string of the molecule is c1ccc(COc2ccc(C3CC3)cc2SCB2OCCO2)nc1. The summed E-state index contributed by atoms with van der Waals surface area (Å²) >= 11 is 1.74. The van der Waals surface area contributed by atoms with E-state index in [1.807, 2.05) is 18.2 Å². The number of nitrogens with zero attached hydrogens (tertiary/aromatic N) is 1. The Hall–Kier alpha value is -1.50. The Kier molecular flexibility index (Phi) is 5.06. The summed E-state index contributed by atoms with van der Waals surface area (Å²) in [5.74, 6) is 1.64. The Bertz CT molecular complexity index is 675. The number of aromatic nitrogens is 1. The molecule has 6 heteroatoms. The minimum atomic E-state index is -0.108. The maximum absolute atomic E-state index is 6.03. The van der Waals surface area contributed by atoms with E-state index in [1.54, 1.807) is 18.0 Å². The summed E-state index contributed by atoms with van der Waals surface area (Å²) in [6.07, 6.45) is 4.39. The number of pyridine rings is 1. The van der Waals surface area contributed by atoms with E-state index < -0.39 is 0 Å². The van der Waals surface area contributed by atoms with Gasteiger partial charge in [0.25, 0.3) is 0 Å². The molecule has 0 atom stereocenters. The normalized spacial score (nSPS) is 17.2. The van der Waals surface area contributed by atoms with Crippen molar-refractivity contribution >= 4 is 18.9 Å². The van der Waals surface area contributed by atoms with Crippen LogP contribution in [0.2, 0.25) is 0 Å². The Morgan fingerprint density at radius 1 is 1.17 bits per heavy atom. The van der Waals surface area contributed by atoms with E-state index in [0.29, 0.717) is 19.8 Å². The molecule has 1 aromatic carbocycles. The highest BCUT2D eigenvalue weighted by atomic mass is 32.2. The van der Waals surface area contributed by atoms with E-state index in [4.69, 9.17) is 14.0 Å². The topological polar surface area (TPSA) is 40.6 Å². The summed E-state index contributed by atoms with van der Waals surface area (Å²) in [7, 11) is -0.108. The molecule has 2 aromatic rings. The fourth-order valence-electron chi connectivity index (χ4n) is 2.72. The van der Waals surface area contributed by atoms with Gasteiger partial charge in [0.2, 0.25) is 0 Å². The van der Waals surface area contributed by atoms with Crippen LogP contribution in [0.15, 0.2) is 47.5 Å². The molecule has 0 amide bonds. The quantitative estimate of drug-likeness (QED) is 0.567. The Labute approximate surface area is 147 Å². The van der Waals surface area contributed by atoms with Crippen LogP contribution >= 0.6 is 11.8 Å². The predicted molar refractivity (Wildman–Crippen MR) is 95.4 cm³/mol. The van der Waals surface area contributed by atoms with Crippen molar-refractivity contribution in [3.63, 3.8) is 0 Å². The van der Waals surface area contributed by atoms with Gasteiger partial charge in [-0.05, 0) is 48.6 Å². The summed E-state index contributed by atoms with van der Waals surface area (Å²) in [6.45, 7) is 1.86. The van der Waals surface area contributed by atoms with Crippen LogP contribution < -0.4 is 4.74 Å². The van der Waals surface area contributed by atoms with E-state index in [2.05, 4.69) is 23.2 Å². The van der Waals surface area contributed by atoms with Crippen LogP contribution in [0.1, 0.15) is 30.0 Å². The molecule has 1 saturated heterocycles. The largest absolute Gasteiger partial charge is 0.486 e. The molecule has 1 aromatic heterocycles. The van der Waals surface area contributed by atoms with Crippen LogP contribution in [0, 0.1) is 0 Å². The molecule has 1 aliphatic carbocycles. The standard InChI is InChI=1S/C18H20BNO3S/c1-2-8-20-16(3-1)12-21-17-7-6-15(14-4-5-14)11-18(17)24-13-19-22-9-10-23-19/h1-3,6-8,11,14H,4-5,9-10,12-13H2. The van der Waals surface area contributed by atoms with Crippen molar-refractivity contribution in [2.75, 3.05) is 18.9 Å². The molecule has 24 heavy (non-hydrogen) atoms. The lowest BCUT2D eigenvalue weighted by Gasteiger charge is -2.13. The molecule has 0 spiro atoms. The summed E-state index contributed by atoms with van der Waals surface area (Å²) in [4.78, 5) is 5.48. The minimum Gasteiger partial charge on any atom is -0.486 e. The van der Waals surface area contributed by atoms with Gasteiger partial charge in [0.1, 0.15) is 12.4 Å². The number of hydrogen-bond acceptors (Lipinski definition) is 5. The highest BCUT2D eigenvalue weighted by Gasteiger charge is 2.26. The molecule has 0 N–H and O–H groups in total. The first-order valence-electron chi connectivity index (χ1n) is 8.41. The van der Waals surface area contributed by atoms with Gasteiger partial charge < -0.3 is 14.0 Å². The highest BCUT2D eigenvalue weighted by molar-refractivity contribution is 8.00. The third-order valence-electron chi connectivity index (χ3n) is 4.18. The zero-order valence-electron chi connectivity index (χ0n) is 13.5. The molecular weight excluding hydrogens is 321 g/mol. The van der Waals surface area contributed by atoms with Gasteiger partial charge in [0, 0.05) is 16.7 Å². The lowest BCUT2D eigenvalue weighted by molar-refractivity contribution is 0.294. The maximum atomic E-state index is 6.03. The average molecular weight is 341 g/mol. The van der Waals surface area contributed by atoms with Crippen molar-refractivity contribution in [1.29, 1.82) is 0 Å². The first kappa shape index (κ1) is 16.0. The van der Waals surface area contributed by atoms with Crippen LogP contribution in [0.25, 0.3) is 0 Å². The third kappa shape index (κ3) is 4.12. The van der Waals surface area contributed by atoms with Crippen LogP contribution in [-0.4, -0.2) is 31.0 Å². The molecule has 0 radical (unpaired) electrons. The van der Waals surface area contributed by atoms with Crippen LogP contribution in [0.4, 0.5) is 0 Å². The first-order chi connectivity index (χ1) is 11.9. The molecule has 0 unspecified atom stereocenters. The average Bonchev–Trinajstić information content (AvgIpc) is 3.35. The molecule has 2 fully saturated rings. The van der Waals surface area contributed by atoms with Crippen molar-refractivity contribution in [1.82, 2.24) is 4.98 Å². The van der Waals surface area contributed by atoms with Crippen molar-refractivity contribution in [2.45, 2.75) is 30.3 Å². The molecule has 1 saturated carbocycles. The van der Waals surface area contributed by atoms with Gasteiger partial charge in [-0.1, -0.05) is 12.1 Å². The van der Waals surface area contributed by atoms with E-state index in [1.165, 1.54) is 18.4 Å². The van der Waals surface area contributed by atoms with Crippen LogP contribution in [0.5, 0.6) is 5.75 Å². The summed E-state index contributed by atoms with van der Waals surface area (Å²) in [6, 6.07) is 12.4. The van der Waals surface area contributed by atoms with Crippen molar-refractivity contribution in [2.24, 2.45) is 0 Å². The van der Waals surface area contributed by atoms with Gasteiger partial charge in [-0.2, -0.15) is 0 Å². The lowest BCUT2D eigenvalue weighted by atomic mass is 9.96. The van der Waals surface area contributed by atoms with Crippen molar-refractivity contribution in [3.05, 3.63) is 53.9 Å². The lowest BCUT2D eigenvalue weighted by Crippen LogP contribution is -2.17. The molecular formula is C18H20BNO3S.